The molecule has 3 rings (SSSR count). The van der Waals surface area contributed by atoms with Gasteiger partial charge < -0.3 is 48.7 Å². The van der Waals surface area contributed by atoms with E-state index in [1.807, 2.05) is 55.4 Å². The lowest BCUT2D eigenvalue weighted by Gasteiger charge is -2.18. The molecule has 32 heavy (non-hydrogen) atoms. The average molecular weight is 480 g/mol. The number of aliphatic imine (C=N–C) groups is 1. The highest BCUT2D eigenvalue weighted by Crippen LogP contribution is 2.38. The minimum Gasteiger partial charge on any atom is -1.00 e. The SMILES string of the molecule is COc1ccc(C(N=CN(C)C)c2nccc3cc(OC)c(OC)cc23)cc1OC.[Cl-].[Cl-]. The van der Waals surface area contributed by atoms with E-state index in [0.717, 1.165) is 22.0 Å². The molecule has 0 spiro atoms. The number of halogens is 2. The van der Waals surface area contributed by atoms with Crippen LogP contribution in [-0.4, -0.2) is 58.8 Å². The first-order chi connectivity index (χ1) is 14.5. The molecule has 0 amide bonds. The molecule has 9 heteroatoms. The Hall–Kier alpha value is -2.90. The van der Waals surface area contributed by atoms with Crippen LogP contribution in [0.4, 0.5) is 0 Å². The fourth-order valence-corrected chi connectivity index (χ4v) is 3.28. The summed E-state index contributed by atoms with van der Waals surface area (Å²) in [6, 6.07) is 11.3. The molecular formula is C23H27Cl2N3O4-2. The zero-order chi connectivity index (χ0) is 21.7. The Morgan fingerprint density at radius 3 is 2.00 bits per heavy atom. The number of fused-ring (bicyclic) bond motifs is 1. The molecule has 0 aliphatic rings. The summed E-state index contributed by atoms with van der Waals surface area (Å²) in [7, 11) is 10.3. The molecule has 0 saturated carbocycles. The molecule has 2 aromatic carbocycles. The van der Waals surface area contributed by atoms with Crippen molar-refractivity contribution >= 4 is 17.1 Å². The van der Waals surface area contributed by atoms with Crippen molar-refractivity contribution in [1.29, 1.82) is 0 Å². The lowest BCUT2D eigenvalue weighted by Crippen LogP contribution is -3.00. The number of benzene rings is 2. The summed E-state index contributed by atoms with van der Waals surface area (Å²) >= 11 is 0. The van der Waals surface area contributed by atoms with Crippen LogP contribution >= 0.6 is 0 Å². The van der Waals surface area contributed by atoms with E-state index in [4.69, 9.17) is 23.9 Å². The third kappa shape index (κ3) is 5.66. The summed E-state index contributed by atoms with van der Waals surface area (Å²) in [6.45, 7) is 0. The van der Waals surface area contributed by atoms with Gasteiger partial charge in [-0.25, -0.2) is 0 Å². The van der Waals surface area contributed by atoms with Gasteiger partial charge in [0.1, 0.15) is 6.04 Å². The Labute approximate surface area is 201 Å². The third-order valence-electron chi connectivity index (χ3n) is 4.73. The van der Waals surface area contributed by atoms with Gasteiger partial charge in [-0.05, 0) is 41.3 Å². The van der Waals surface area contributed by atoms with Crippen molar-refractivity contribution in [3.8, 4) is 23.0 Å². The van der Waals surface area contributed by atoms with Crippen molar-refractivity contribution in [2.24, 2.45) is 4.99 Å². The predicted molar refractivity (Wildman–Crippen MR) is 118 cm³/mol. The van der Waals surface area contributed by atoms with Gasteiger partial charge in [-0.2, -0.15) is 0 Å². The highest BCUT2D eigenvalue weighted by atomic mass is 35.5. The normalized spacial score (nSPS) is 11.3. The van der Waals surface area contributed by atoms with Crippen LogP contribution < -0.4 is 43.8 Å². The standard InChI is InChI=1S/C23H27N3O4.2ClH/c1-26(2)14-25-22(16-7-8-18(27-3)19(12-16)28-4)23-17-13-21(30-6)20(29-5)11-15(17)9-10-24-23;;/h7-14,22H,1-6H3;2*1H/p-2. The number of methoxy groups -OCH3 is 4. The molecule has 0 bridgehead atoms. The predicted octanol–water partition coefficient (Wildman–Crippen LogP) is -2.04. The molecule has 1 atom stereocenters. The summed E-state index contributed by atoms with van der Waals surface area (Å²) in [5, 5.41) is 1.93. The van der Waals surface area contributed by atoms with Gasteiger partial charge in [-0.3, -0.25) is 9.98 Å². The number of aromatic nitrogens is 1. The van der Waals surface area contributed by atoms with Gasteiger partial charge >= 0.3 is 0 Å². The number of ether oxygens (including phenoxy) is 4. The molecule has 0 aliphatic carbocycles. The molecule has 1 unspecified atom stereocenters. The second-order valence-corrected chi connectivity index (χ2v) is 6.87. The zero-order valence-corrected chi connectivity index (χ0v) is 20.4. The molecule has 0 fully saturated rings. The minimum atomic E-state index is -0.353. The van der Waals surface area contributed by atoms with Crippen LogP contribution in [0, 0.1) is 0 Å². The number of hydrogen-bond acceptors (Lipinski definition) is 6. The van der Waals surface area contributed by atoms with Crippen LogP contribution in [0.25, 0.3) is 10.8 Å². The van der Waals surface area contributed by atoms with E-state index in [2.05, 4.69) is 4.98 Å². The van der Waals surface area contributed by atoms with Crippen LogP contribution in [0.15, 0.2) is 47.6 Å². The number of nitrogens with zero attached hydrogens (tertiary/aromatic N) is 3. The van der Waals surface area contributed by atoms with Gasteiger partial charge in [0.05, 0.1) is 40.5 Å². The minimum absolute atomic E-state index is 0. The molecule has 0 saturated heterocycles. The first-order valence-corrected chi connectivity index (χ1v) is 9.44. The maximum absolute atomic E-state index is 5.51. The third-order valence-corrected chi connectivity index (χ3v) is 4.73. The summed E-state index contributed by atoms with van der Waals surface area (Å²) in [6.07, 6.45) is 3.56. The number of rotatable bonds is 8. The molecule has 3 aromatic rings. The smallest absolute Gasteiger partial charge is 0.161 e. The zero-order valence-electron chi connectivity index (χ0n) is 18.9. The van der Waals surface area contributed by atoms with E-state index in [0.29, 0.717) is 23.0 Å². The van der Waals surface area contributed by atoms with E-state index in [1.165, 1.54) is 0 Å². The fourth-order valence-electron chi connectivity index (χ4n) is 3.28. The van der Waals surface area contributed by atoms with Crippen molar-refractivity contribution in [2.75, 3.05) is 42.5 Å². The van der Waals surface area contributed by atoms with Crippen molar-refractivity contribution in [3.05, 3.63) is 53.9 Å². The van der Waals surface area contributed by atoms with E-state index in [1.54, 1.807) is 41.0 Å². The molecule has 0 N–H and O–H groups in total. The quantitative estimate of drug-likeness (QED) is 0.274. The molecule has 7 nitrogen and oxygen atoms in total. The average Bonchev–Trinajstić information content (AvgIpc) is 2.77. The Morgan fingerprint density at radius 2 is 1.41 bits per heavy atom. The monoisotopic (exact) mass is 479 g/mol. The number of hydrogen-bond donors (Lipinski definition) is 0. The Morgan fingerprint density at radius 1 is 0.812 bits per heavy atom. The first-order valence-electron chi connectivity index (χ1n) is 9.44. The largest absolute Gasteiger partial charge is 1.00 e. The Bertz CT molecular complexity index is 1060. The highest BCUT2D eigenvalue weighted by Gasteiger charge is 2.20. The lowest BCUT2D eigenvalue weighted by atomic mass is 9.98. The van der Waals surface area contributed by atoms with E-state index in [-0.39, 0.29) is 30.9 Å². The van der Waals surface area contributed by atoms with Crippen molar-refractivity contribution < 1.29 is 43.8 Å². The summed E-state index contributed by atoms with van der Waals surface area (Å²) in [5.74, 6) is 2.61. The lowest BCUT2D eigenvalue weighted by molar-refractivity contribution is -0.001000. The van der Waals surface area contributed by atoms with Crippen molar-refractivity contribution in [2.45, 2.75) is 6.04 Å². The van der Waals surface area contributed by atoms with E-state index < -0.39 is 0 Å². The van der Waals surface area contributed by atoms with Gasteiger partial charge in [-0.1, -0.05) is 6.07 Å². The topological polar surface area (TPSA) is 65.4 Å². The summed E-state index contributed by atoms with van der Waals surface area (Å²) in [4.78, 5) is 11.4. The number of pyridine rings is 1. The highest BCUT2D eigenvalue weighted by molar-refractivity contribution is 5.88. The Kier molecular flexibility index (Phi) is 10.4. The fraction of sp³-hybridized carbons (Fsp3) is 0.304. The molecule has 0 radical (unpaired) electrons. The van der Waals surface area contributed by atoms with Crippen molar-refractivity contribution in [1.82, 2.24) is 9.88 Å². The Balaban J connectivity index is 0.00000256. The molecule has 1 heterocycles. The van der Waals surface area contributed by atoms with Crippen LogP contribution in [0.3, 0.4) is 0 Å². The first kappa shape index (κ1) is 27.1. The van der Waals surface area contributed by atoms with E-state index in [9.17, 15) is 0 Å². The molecule has 174 valence electrons. The van der Waals surface area contributed by atoms with Crippen LogP contribution in [-0.2, 0) is 0 Å². The van der Waals surface area contributed by atoms with Gasteiger partial charge in [0.2, 0.25) is 0 Å². The maximum Gasteiger partial charge on any atom is 0.161 e. The van der Waals surface area contributed by atoms with E-state index >= 15 is 0 Å². The van der Waals surface area contributed by atoms with Gasteiger partial charge in [-0.15, -0.1) is 0 Å². The van der Waals surface area contributed by atoms with Gasteiger partial charge in [0.25, 0.3) is 0 Å². The van der Waals surface area contributed by atoms with Crippen LogP contribution in [0.2, 0.25) is 0 Å². The molecule has 1 aromatic heterocycles. The van der Waals surface area contributed by atoms with Gasteiger partial charge in [0.15, 0.2) is 23.0 Å². The van der Waals surface area contributed by atoms with Crippen molar-refractivity contribution in [3.63, 3.8) is 0 Å². The van der Waals surface area contributed by atoms with Crippen LogP contribution in [0.5, 0.6) is 23.0 Å². The summed E-state index contributed by atoms with van der Waals surface area (Å²) in [5.41, 5.74) is 1.74. The molecule has 0 aliphatic heterocycles. The summed E-state index contributed by atoms with van der Waals surface area (Å²) < 4.78 is 21.8. The van der Waals surface area contributed by atoms with Gasteiger partial charge in [0, 0.05) is 25.7 Å². The maximum atomic E-state index is 5.51. The van der Waals surface area contributed by atoms with Crippen LogP contribution in [0.1, 0.15) is 17.3 Å². The second kappa shape index (κ2) is 12.2. The molecular weight excluding hydrogens is 453 g/mol. The second-order valence-electron chi connectivity index (χ2n) is 6.87.